The van der Waals surface area contributed by atoms with Crippen LogP contribution in [0.15, 0.2) is 42.5 Å². The summed E-state index contributed by atoms with van der Waals surface area (Å²) in [7, 11) is 1.55. The molecule has 0 saturated carbocycles. The van der Waals surface area contributed by atoms with E-state index >= 15 is 0 Å². The molecule has 6 nitrogen and oxygen atoms in total. The average molecular weight is 401 g/mol. The molecule has 2 N–H and O–H groups in total. The maximum Gasteiger partial charge on any atom is 0.160 e. The summed E-state index contributed by atoms with van der Waals surface area (Å²) in [4.78, 5) is 4.82. The predicted molar refractivity (Wildman–Crippen MR) is 113 cm³/mol. The third-order valence-electron chi connectivity index (χ3n) is 5.45. The molecule has 6 heteroatoms. The smallest absolute Gasteiger partial charge is 0.160 e. The summed E-state index contributed by atoms with van der Waals surface area (Å²) in [6.07, 6.45) is 0.737. The van der Waals surface area contributed by atoms with Crippen LogP contribution in [0.4, 0.5) is 0 Å². The first-order valence-corrected chi connectivity index (χ1v) is 10.3. The Morgan fingerprint density at radius 1 is 1.07 bits per heavy atom. The molecule has 0 amide bonds. The normalized spacial score (nSPS) is 18.0. The Morgan fingerprint density at radius 2 is 1.90 bits per heavy atom. The molecule has 3 rings (SSSR count). The lowest BCUT2D eigenvalue weighted by molar-refractivity contribution is 0.0494. The van der Waals surface area contributed by atoms with Crippen LogP contribution >= 0.6 is 0 Å². The second-order valence-corrected chi connectivity index (χ2v) is 7.42. The minimum absolute atomic E-state index is 0.170. The van der Waals surface area contributed by atoms with Gasteiger partial charge < -0.3 is 19.7 Å². The summed E-state index contributed by atoms with van der Waals surface area (Å²) >= 11 is 0. The number of aromatic hydroxyl groups is 1. The van der Waals surface area contributed by atoms with Crippen molar-refractivity contribution in [3.8, 4) is 17.2 Å². The quantitative estimate of drug-likeness (QED) is 0.675. The number of nitrogens with zero attached hydrogens (tertiary/aromatic N) is 2. The molecule has 158 valence electrons. The molecule has 0 aromatic heterocycles. The first-order chi connectivity index (χ1) is 14.1. The van der Waals surface area contributed by atoms with Gasteiger partial charge in [0.15, 0.2) is 11.5 Å². The molecule has 2 aromatic carbocycles. The average Bonchev–Trinajstić information content (AvgIpc) is 2.72. The van der Waals surface area contributed by atoms with Gasteiger partial charge in [0, 0.05) is 50.9 Å². The fraction of sp³-hybridized carbons (Fsp3) is 0.478. The Morgan fingerprint density at radius 3 is 2.62 bits per heavy atom. The van der Waals surface area contributed by atoms with E-state index in [1.807, 2.05) is 31.2 Å². The number of hydrogen-bond donors (Lipinski definition) is 2. The van der Waals surface area contributed by atoms with E-state index in [2.05, 4.69) is 15.9 Å². The van der Waals surface area contributed by atoms with Crippen molar-refractivity contribution in [1.29, 1.82) is 0 Å². The van der Waals surface area contributed by atoms with E-state index < -0.39 is 0 Å². The summed E-state index contributed by atoms with van der Waals surface area (Å²) in [6.45, 7) is 7.15. The molecule has 1 aliphatic rings. The zero-order valence-electron chi connectivity index (χ0n) is 17.4. The first-order valence-electron chi connectivity index (χ1n) is 10.3. The fourth-order valence-corrected chi connectivity index (χ4v) is 3.97. The molecule has 1 atom stereocenters. The van der Waals surface area contributed by atoms with E-state index in [1.165, 1.54) is 5.56 Å². The summed E-state index contributed by atoms with van der Waals surface area (Å²) in [5, 5.41) is 19.6. The van der Waals surface area contributed by atoms with Crippen molar-refractivity contribution >= 4 is 0 Å². The van der Waals surface area contributed by atoms with Gasteiger partial charge in [-0.25, -0.2) is 0 Å². The lowest BCUT2D eigenvalue weighted by atomic mass is 10.1. The fourth-order valence-electron chi connectivity index (χ4n) is 3.97. The highest BCUT2D eigenvalue weighted by Crippen LogP contribution is 2.28. The molecule has 29 heavy (non-hydrogen) atoms. The Balaban J connectivity index is 1.66. The topological polar surface area (TPSA) is 65.4 Å². The largest absolute Gasteiger partial charge is 0.504 e. The van der Waals surface area contributed by atoms with Gasteiger partial charge in [0.1, 0.15) is 5.75 Å². The van der Waals surface area contributed by atoms with Gasteiger partial charge in [-0.1, -0.05) is 24.3 Å². The van der Waals surface area contributed by atoms with E-state index in [1.54, 1.807) is 19.2 Å². The molecule has 1 aliphatic heterocycles. The Bertz CT molecular complexity index is 783. The molecule has 0 radical (unpaired) electrons. The van der Waals surface area contributed by atoms with Crippen LogP contribution in [0.25, 0.3) is 0 Å². The van der Waals surface area contributed by atoms with Crippen molar-refractivity contribution in [3.05, 3.63) is 53.6 Å². The van der Waals surface area contributed by atoms with Crippen molar-refractivity contribution in [1.82, 2.24) is 9.80 Å². The van der Waals surface area contributed by atoms with E-state index in [-0.39, 0.29) is 18.4 Å². The molecule has 0 unspecified atom stereocenters. The molecule has 0 aliphatic carbocycles. The van der Waals surface area contributed by atoms with Crippen LogP contribution in [-0.2, 0) is 13.1 Å². The number of methoxy groups -OCH3 is 1. The number of rotatable bonds is 9. The number of para-hydroxylation sites is 1. The molecule has 0 bridgehead atoms. The Hall–Kier alpha value is -2.28. The zero-order valence-corrected chi connectivity index (χ0v) is 17.4. The van der Waals surface area contributed by atoms with Gasteiger partial charge in [0.25, 0.3) is 0 Å². The number of aliphatic hydroxyl groups is 1. The summed E-state index contributed by atoms with van der Waals surface area (Å²) in [5.41, 5.74) is 2.24. The first kappa shape index (κ1) is 21.4. The summed E-state index contributed by atoms with van der Waals surface area (Å²) in [5.74, 6) is 1.60. The van der Waals surface area contributed by atoms with Crippen molar-refractivity contribution in [2.75, 3.05) is 40.0 Å². The van der Waals surface area contributed by atoms with Gasteiger partial charge in [-0.2, -0.15) is 0 Å². The Kier molecular flexibility index (Phi) is 7.75. The highest BCUT2D eigenvalue weighted by Gasteiger charge is 2.27. The van der Waals surface area contributed by atoms with E-state index in [9.17, 15) is 10.2 Å². The third kappa shape index (κ3) is 5.63. The maximum absolute atomic E-state index is 10.0. The van der Waals surface area contributed by atoms with Crippen LogP contribution < -0.4 is 9.47 Å². The van der Waals surface area contributed by atoms with Gasteiger partial charge in [0.2, 0.25) is 0 Å². The van der Waals surface area contributed by atoms with Gasteiger partial charge >= 0.3 is 0 Å². The van der Waals surface area contributed by atoms with Crippen LogP contribution in [0.3, 0.4) is 0 Å². The lowest BCUT2D eigenvalue weighted by Crippen LogP contribution is -2.52. The van der Waals surface area contributed by atoms with Crippen LogP contribution in [-0.4, -0.2) is 66.0 Å². The second kappa shape index (κ2) is 10.5. The molecule has 1 fully saturated rings. The van der Waals surface area contributed by atoms with Crippen molar-refractivity contribution in [3.63, 3.8) is 0 Å². The number of phenolic OH excluding ortho intramolecular Hbond substituents is 1. The minimum atomic E-state index is 0.170. The van der Waals surface area contributed by atoms with Crippen LogP contribution in [0, 0.1) is 0 Å². The SMILES string of the molecule is CCOc1ccccc1CN1CCN(Cc2ccc(OC)c(O)c2)C[C@@H]1CCO. The lowest BCUT2D eigenvalue weighted by Gasteiger charge is -2.41. The van der Waals surface area contributed by atoms with Crippen molar-refractivity contribution < 1.29 is 19.7 Å². The van der Waals surface area contributed by atoms with E-state index in [0.717, 1.165) is 50.5 Å². The zero-order chi connectivity index (χ0) is 20.6. The maximum atomic E-state index is 10.0. The number of phenols is 1. The molecule has 2 aromatic rings. The molecule has 1 saturated heterocycles. The molecular weight excluding hydrogens is 368 g/mol. The summed E-state index contributed by atoms with van der Waals surface area (Å²) in [6, 6.07) is 14.0. The van der Waals surface area contributed by atoms with Gasteiger partial charge in [0.05, 0.1) is 13.7 Å². The third-order valence-corrected chi connectivity index (χ3v) is 5.45. The number of ether oxygens (including phenoxy) is 2. The van der Waals surface area contributed by atoms with Crippen molar-refractivity contribution in [2.45, 2.75) is 32.5 Å². The standard InChI is InChI=1S/C23H32N2O4/c1-3-29-22-7-5-4-6-19(22)16-25-12-11-24(17-20(25)10-13-26)15-18-8-9-23(28-2)21(27)14-18/h4-9,14,20,26-27H,3,10-13,15-17H2,1-2H3/t20-/m0/s1. The number of piperazine rings is 1. The monoisotopic (exact) mass is 400 g/mol. The molecule has 1 heterocycles. The molecule has 0 spiro atoms. The minimum Gasteiger partial charge on any atom is -0.504 e. The molecular formula is C23H32N2O4. The second-order valence-electron chi connectivity index (χ2n) is 7.42. The number of aliphatic hydroxyl groups excluding tert-OH is 1. The van der Waals surface area contributed by atoms with Gasteiger partial charge in [-0.05, 0) is 37.1 Å². The van der Waals surface area contributed by atoms with Gasteiger partial charge in [-0.3, -0.25) is 9.80 Å². The van der Waals surface area contributed by atoms with Crippen LogP contribution in [0.5, 0.6) is 17.2 Å². The summed E-state index contributed by atoms with van der Waals surface area (Å²) < 4.78 is 10.9. The van der Waals surface area contributed by atoms with E-state index in [0.29, 0.717) is 12.4 Å². The van der Waals surface area contributed by atoms with Crippen molar-refractivity contribution in [2.24, 2.45) is 0 Å². The Labute approximate surface area is 173 Å². The highest BCUT2D eigenvalue weighted by molar-refractivity contribution is 5.41. The highest BCUT2D eigenvalue weighted by atomic mass is 16.5. The van der Waals surface area contributed by atoms with E-state index in [4.69, 9.17) is 9.47 Å². The number of hydrogen-bond acceptors (Lipinski definition) is 6. The number of benzene rings is 2. The predicted octanol–water partition coefficient (Wildman–Crippen LogP) is 2.87. The van der Waals surface area contributed by atoms with Gasteiger partial charge in [-0.15, -0.1) is 0 Å². The van der Waals surface area contributed by atoms with Crippen LogP contribution in [0.1, 0.15) is 24.5 Å². The van der Waals surface area contributed by atoms with Crippen LogP contribution in [0.2, 0.25) is 0 Å².